The largest absolute Gasteiger partial charge is 0.337 e. The minimum absolute atomic E-state index is 0.0127. The molecule has 0 bridgehead atoms. The molecule has 3 rings (SSSR count). The van der Waals surface area contributed by atoms with Gasteiger partial charge in [0.15, 0.2) is 0 Å². The second-order valence-corrected chi connectivity index (χ2v) is 6.06. The number of benzene rings is 1. The second kappa shape index (κ2) is 6.54. The van der Waals surface area contributed by atoms with E-state index in [0.717, 1.165) is 16.5 Å². The number of thiophene rings is 1. The highest BCUT2D eigenvalue weighted by Crippen LogP contribution is 2.17. The average molecular weight is 308 g/mol. The molecule has 0 aliphatic carbocycles. The van der Waals surface area contributed by atoms with Crippen molar-refractivity contribution in [3.05, 3.63) is 70.6 Å². The Morgan fingerprint density at radius 3 is 2.91 bits per heavy atom. The maximum absolute atomic E-state index is 12.2. The van der Waals surface area contributed by atoms with Gasteiger partial charge in [0.05, 0.1) is 12.1 Å². The van der Waals surface area contributed by atoms with Crippen molar-refractivity contribution in [1.29, 1.82) is 0 Å². The Hall–Kier alpha value is -2.46. The Labute approximate surface area is 133 Å². The molecule has 2 aromatic heterocycles. The fourth-order valence-electron chi connectivity index (χ4n) is 2.26. The number of amides is 1. The molecular formula is C18H16N2OS. The lowest BCUT2D eigenvalue weighted by Gasteiger charge is -2.13. The van der Waals surface area contributed by atoms with Crippen LogP contribution in [0, 0.1) is 0 Å². The van der Waals surface area contributed by atoms with E-state index >= 15 is 0 Å². The van der Waals surface area contributed by atoms with Crippen LogP contribution < -0.4 is 0 Å². The molecule has 0 N–H and O–H groups in total. The standard InChI is InChI=1S/C18H16N2OS/c1-20(13-16-8-4-12-22-16)17(21)10-9-15-6-2-5-14-7-3-11-19-18(14)15/h2-12H,13H2,1H3/b10-9+. The molecule has 0 aliphatic rings. The minimum atomic E-state index is -0.0127. The molecule has 3 nitrogen and oxygen atoms in total. The van der Waals surface area contributed by atoms with Crippen LogP contribution in [0.15, 0.2) is 60.1 Å². The van der Waals surface area contributed by atoms with E-state index in [1.807, 2.05) is 61.0 Å². The molecule has 1 aromatic carbocycles. The zero-order valence-electron chi connectivity index (χ0n) is 12.3. The number of likely N-dealkylation sites (N-methyl/N-ethyl adjacent to an activating group) is 1. The van der Waals surface area contributed by atoms with E-state index in [-0.39, 0.29) is 5.91 Å². The molecular weight excluding hydrogens is 292 g/mol. The van der Waals surface area contributed by atoms with E-state index in [9.17, 15) is 4.79 Å². The molecule has 0 unspecified atom stereocenters. The summed E-state index contributed by atoms with van der Waals surface area (Å²) in [5.41, 5.74) is 1.87. The number of nitrogens with zero attached hydrogens (tertiary/aromatic N) is 2. The molecule has 0 aliphatic heterocycles. The number of aromatic nitrogens is 1. The molecule has 1 amide bonds. The van der Waals surface area contributed by atoms with Crippen LogP contribution in [0.2, 0.25) is 0 Å². The molecule has 22 heavy (non-hydrogen) atoms. The lowest BCUT2D eigenvalue weighted by molar-refractivity contribution is -0.125. The third kappa shape index (κ3) is 3.23. The van der Waals surface area contributed by atoms with Gasteiger partial charge in [0.2, 0.25) is 5.91 Å². The first-order chi connectivity index (χ1) is 10.7. The number of hydrogen-bond donors (Lipinski definition) is 0. The van der Waals surface area contributed by atoms with E-state index in [4.69, 9.17) is 0 Å². The Kier molecular flexibility index (Phi) is 4.30. The second-order valence-electron chi connectivity index (χ2n) is 5.03. The highest BCUT2D eigenvalue weighted by molar-refractivity contribution is 7.09. The average Bonchev–Trinajstić information content (AvgIpc) is 3.05. The highest BCUT2D eigenvalue weighted by atomic mass is 32.1. The highest BCUT2D eigenvalue weighted by Gasteiger charge is 2.06. The predicted molar refractivity (Wildman–Crippen MR) is 91.6 cm³/mol. The smallest absolute Gasteiger partial charge is 0.246 e. The minimum Gasteiger partial charge on any atom is -0.337 e. The topological polar surface area (TPSA) is 33.2 Å². The first-order valence-electron chi connectivity index (χ1n) is 7.03. The number of rotatable bonds is 4. The van der Waals surface area contributed by atoms with Crippen LogP contribution in [0.5, 0.6) is 0 Å². The summed E-state index contributed by atoms with van der Waals surface area (Å²) in [6.07, 6.45) is 5.21. The molecule has 3 aromatic rings. The molecule has 0 spiro atoms. The Morgan fingerprint density at radius 1 is 1.23 bits per heavy atom. The van der Waals surface area contributed by atoms with Crippen LogP contribution in [-0.4, -0.2) is 22.8 Å². The molecule has 4 heteroatoms. The van der Waals surface area contributed by atoms with E-state index in [2.05, 4.69) is 4.98 Å². The van der Waals surface area contributed by atoms with E-state index in [1.165, 1.54) is 4.88 Å². The first-order valence-corrected chi connectivity index (χ1v) is 7.91. The monoisotopic (exact) mass is 308 g/mol. The summed E-state index contributed by atoms with van der Waals surface area (Å²) in [6, 6.07) is 13.9. The summed E-state index contributed by atoms with van der Waals surface area (Å²) < 4.78 is 0. The molecule has 0 fully saturated rings. The number of carbonyl (C=O) groups is 1. The van der Waals surface area contributed by atoms with Gasteiger partial charge in [0.1, 0.15) is 0 Å². The SMILES string of the molecule is CN(Cc1cccs1)C(=O)/C=C/c1cccc2cccnc12. The fourth-order valence-corrected chi connectivity index (χ4v) is 3.02. The quantitative estimate of drug-likeness (QED) is 0.683. The van der Waals surface area contributed by atoms with E-state index < -0.39 is 0 Å². The van der Waals surface area contributed by atoms with Crippen molar-refractivity contribution in [3.63, 3.8) is 0 Å². The summed E-state index contributed by atoms with van der Waals surface area (Å²) in [4.78, 5) is 19.5. The predicted octanol–water partition coefficient (Wildman–Crippen LogP) is 3.97. The van der Waals surface area contributed by atoms with Gasteiger partial charge in [-0.25, -0.2) is 0 Å². The lowest BCUT2D eigenvalue weighted by atomic mass is 10.1. The first kappa shape index (κ1) is 14.5. The maximum atomic E-state index is 12.2. The van der Waals surface area contributed by atoms with Gasteiger partial charge in [-0.15, -0.1) is 11.3 Å². The Bertz CT molecular complexity index is 804. The summed E-state index contributed by atoms with van der Waals surface area (Å²) >= 11 is 1.66. The molecule has 0 saturated heterocycles. The van der Waals surface area contributed by atoms with Crippen molar-refractivity contribution in [3.8, 4) is 0 Å². The van der Waals surface area contributed by atoms with Crippen molar-refractivity contribution in [2.24, 2.45) is 0 Å². The zero-order chi connectivity index (χ0) is 15.4. The number of pyridine rings is 1. The third-order valence-corrected chi connectivity index (χ3v) is 4.28. The van der Waals surface area contributed by atoms with Crippen LogP contribution in [0.25, 0.3) is 17.0 Å². The third-order valence-electron chi connectivity index (χ3n) is 3.42. The fraction of sp³-hybridized carbons (Fsp3) is 0.111. The normalized spacial score (nSPS) is 11.1. The summed E-state index contributed by atoms with van der Waals surface area (Å²) in [5.74, 6) is -0.0127. The summed E-state index contributed by atoms with van der Waals surface area (Å²) in [5, 5.41) is 3.09. The number of para-hydroxylation sites is 1. The van der Waals surface area contributed by atoms with Crippen molar-refractivity contribution in [2.45, 2.75) is 6.54 Å². The number of carbonyl (C=O) groups excluding carboxylic acids is 1. The molecule has 0 radical (unpaired) electrons. The number of hydrogen-bond acceptors (Lipinski definition) is 3. The van der Waals surface area contributed by atoms with Crippen LogP contribution in [0.4, 0.5) is 0 Å². The van der Waals surface area contributed by atoms with Crippen LogP contribution in [0.1, 0.15) is 10.4 Å². The molecule has 0 saturated carbocycles. The van der Waals surface area contributed by atoms with Gasteiger partial charge in [-0.1, -0.05) is 30.3 Å². The zero-order valence-corrected chi connectivity index (χ0v) is 13.1. The Morgan fingerprint density at radius 2 is 2.09 bits per heavy atom. The number of fused-ring (bicyclic) bond motifs is 1. The van der Waals surface area contributed by atoms with Crippen molar-refractivity contribution >= 4 is 34.2 Å². The van der Waals surface area contributed by atoms with Crippen LogP contribution >= 0.6 is 11.3 Å². The van der Waals surface area contributed by atoms with Gasteiger partial charge in [-0.3, -0.25) is 9.78 Å². The van der Waals surface area contributed by atoms with Gasteiger partial charge >= 0.3 is 0 Å². The van der Waals surface area contributed by atoms with Crippen LogP contribution in [0.3, 0.4) is 0 Å². The summed E-state index contributed by atoms with van der Waals surface area (Å²) in [6.45, 7) is 0.634. The molecule has 2 heterocycles. The van der Waals surface area contributed by atoms with Gasteiger partial charge in [0.25, 0.3) is 0 Å². The Balaban J connectivity index is 1.76. The van der Waals surface area contributed by atoms with Gasteiger partial charge in [0, 0.05) is 35.1 Å². The van der Waals surface area contributed by atoms with Crippen LogP contribution in [-0.2, 0) is 11.3 Å². The van der Waals surface area contributed by atoms with E-state index in [0.29, 0.717) is 6.54 Å². The van der Waals surface area contributed by atoms with E-state index in [1.54, 1.807) is 28.5 Å². The van der Waals surface area contributed by atoms with Gasteiger partial charge in [-0.05, 0) is 23.6 Å². The summed E-state index contributed by atoms with van der Waals surface area (Å²) in [7, 11) is 1.81. The van der Waals surface area contributed by atoms with Gasteiger partial charge < -0.3 is 4.90 Å². The molecule has 0 atom stereocenters. The van der Waals surface area contributed by atoms with Crippen molar-refractivity contribution in [1.82, 2.24) is 9.88 Å². The van der Waals surface area contributed by atoms with Crippen molar-refractivity contribution < 1.29 is 4.79 Å². The lowest BCUT2D eigenvalue weighted by Crippen LogP contribution is -2.23. The van der Waals surface area contributed by atoms with Crippen molar-refractivity contribution in [2.75, 3.05) is 7.05 Å². The maximum Gasteiger partial charge on any atom is 0.246 e. The molecule has 110 valence electrons. The van der Waals surface area contributed by atoms with Gasteiger partial charge in [-0.2, -0.15) is 0 Å².